The monoisotopic (exact) mass is 387 g/mol. The minimum atomic E-state index is -1.11. The van der Waals surface area contributed by atoms with E-state index in [1.807, 2.05) is 29.2 Å². The van der Waals surface area contributed by atoms with Gasteiger partial charge in [-0.2, -0.15) is 4.98 Å². The molecule has 2 fully saturated rings. The second kappa shape index (κ2) is 7.59. The third-order valence-electron chi connectivity index (χ3n) is 5.28. The van der Waals surface area contributed by atoms with E-state index in [0.717, 1.165) is 5.52 Å². The highest BCUT2D eigenvalue weighted by molar-refractivity contribution is 5.84. The molecule has 2 unspecified atom stereocenters. The number of para-hydroxylation sites is 1. The van der Waals surface area contributed by atoms with Gasteiger partial charge in [-0.25, -0.2) is 4.98 Å². The molecular formula is C19H21N3O6. The molecule has 148 valence electrons. The first-order valence-corrected chi connectivity index (χ1v) is 9.24. The van der Waals surface area contributed by atoms with Crippen LogP contribution in [0.3, 0.4) is 0 Å². The number of carboxylic acid groups (broad SMARTS) is 2. The maximum atomic E-state index is 11.4. The highest BCUT2D eigenvalue weighted by Crippen LogP contribution is 2.36. The summed E-state index contributed by atoms with van der Waals surface area (Å²) in [6, 6.07) is 7.43. The maximum Gasteiger partial charge on any atom is 0.307 e. The Bertz CT molecular complexity index is 876. The summed E-state index contributed by atoms with van der Waals surface area (Å²) in [6.45, 7) is 2.53. The number of aromatic nitrogens is 2. The Morgan fingerprint density at radius 1 is 1.04 bits per heavy atom. The lowest BCUT2D eigenvalue weighted by atomic mass is 9.97. The first-order chi connectivity index (χ1) is 13.5. The smallest absolute Gasteiger partial charge is 0.307 e. The molecule has 1 aliphatic heterocycles. The third kappa shape index (κ3) is 3.57. The molecule has 1 aromatic heterocycles. The number of fused-ring (bicyclic) bond motifs is 1. The molecule has 1 aromatic carbocycles. The van der Waals surface area contributed by atoms with Crippen molar-refractivity contribution in [3.05, 3.63) is 24.3 Å². The molecule has 1 saturated heterocycles. The van der Waals surface area contributed by atoms with Crippen LogP contribution in [0.2, 0.25) is 0 Å². The Morgan fingerprint density at radius 3 is 2.32 bits per heavy atom. The van der Waals surface area contributed by atoms with E-state index in [9.17, 15) is 19.8 Å². The molecule has 2 aliphatic rings. The Morgan fingerprint density at radius 2 is 1.68 bits per heavy atom. The first-order valence-electron chi connectivity index (χ1n) is 9.24. The van der Waals surface area contributed by atoms with Crippen molar-refractivity contribution in [2.45, 2.75) is 18.9 Å². The van der Waals surface area contributed by atoms with Gasteiger partial charge in [0.1, 0.15) is 6.10 Å². The summed E-state index contributed by atoms with van der Waals surface area (Å²) in [6.07, 6.45) is -0.257. The van der Waals surface area contributed by atoms with Gasteiger partial charge in [0.25, 0.3) is 0 Å². The van der Waals surface area contributed by atoms with Crippen molar-refractivity contribution in [3.8, 4) is 5.88 Å². The second-order valence-electron chi connectivity index (χ2n) is 7.05. The fourth-order valence-electron chi connectivity index (χ4n) is 3.82. The molecule has 1 aliphatic carbocycles. The number of carboxylic acids is 2. The third-order valence-corrected chi connectivity index (χ3v) is 5.28. The number of aliphatic carboxylic acids is 2. The van der Waals surface area contributed by atoms with Crippen molar-refractivity contribution < 1.29 is 29.3 Å². The van der Waals surface area contributed by atoms with Gasteiger partial charge in [-0.15, -0.1) is 0 Å². The summed E-state index contributed by atoms with van der Waals surface area (Å²) in [5.41, 5.74) is 0.719. The molecule has 1 saturated carbocycles. The zero-order chi connectivity index (χ0) is 19.7. The number of hydrogen-bond donors (Lipinski definition) is 2. The number of nitrogens with zero attached hydrogens (tertiary/aromatic N) is 3. The minimum absolute atomic E-state index is 0.136. The molecular weight excluding hydrogens is 366 g/mol. The number of rotatable bonds is 5. The van der Waals surface area contributed by atoms with Gasteiger partial charge in [-0.1, -0.05) is 12.1 Å². The zero-order valence-electron chi connectivity index (χ0n) is 15.2. The number of hydrogen-bond acceptors (Lipinski definition) is 7. The van der Waals surface area contributed by atoms with Crippen LogP contribution in [0.5, 0.6) is 5.88 Å². The summed E-state index contributed by atoms with van der Waals surface area (Å²) < 4.78 is 11.4. The summed E-state index contributed by atoms with van der Waals surface area (Å²) in [5, 5.41) is 19.4. The van der Waals surface area contributed by atoms with Crippen LogP contribution in [0.1, 0.15) is 12.8 Å². The molecule has 9 nitrogen and oxygen atoms in total. The molecule has 0 amide bonds. The highest BCUT2D eigenvalue weighted by atomic mass is 16.5. The number of carbonyl (C=O) groups is 2. The minimum Gasteiger partial charge on any atom is -0.481 e. The molecule has 0 radical (unpaired) electrons. The molecule has 0 bridgehead atoms. The first kappa shape index (κ1) is 18.4. The molecule has 2 aromatic rings. The molecule has 2 atom stereocenters. The maximum absolute atomic E-state index is 11.4. The van der Waals surface area contributed by atoms with Crippen LogP contribution in [0.15, 0.2) is 24.3 Å². The van der Waals surface area contributed by atoms with Crippen molar-refractivity contribution in [2.75, 3.05) is 31.2 Å². The van der Waals surface area contributed by atoms with Crippen molar-refractivity contribution in [2.24, 2.45) is 11.8 Å². The number of ether oxygens (including phenoxy) is 2. The van der Waals surface area contributed by atoms with Crippen LogP contribution in [-0.2, 0) is 14.3 Å². The van der Waals surface area contributed by atoms with Crippen molar-refractivity contribution in [1.29, 1.82) is 0 Å². The van der Waals surface area contributed by atoms with Gasteiger partial charge in [0.05, 0.1) is 36.0 Å². The average molecular weight is 387 g/mol. The van der Waals surface area contributed by atoms with E-state index < -0.39 is 29.9 Å². The predicted octanol–water partition coefficient (Wildman–Crippen LogP) is 1.41. The summed E-state index contributed by atoms with van der Waals surface area (Å²) in [5.74, 6) is -3.27. The van der Waals surface area contributed by atoms with Gasteiger partial charge >= 0.3 is 11.9 Å². The van der Waals surface area contributed by atoms with E-state index >= 15 is 0 Å². The number of anilines is 1. The second-order valence-corrected chi connectivity index (χ2v) is 7.05. The van der Waals surface area contributed by atoms with Crippen LogP contribution in [0, 0.1) is 11.8 Å². The average Bonchev–Trinajstić information content (AvgIpc) is 3.13. The molecule has 2 N–H and O–H groups in total. The lowest BCUT2D eigenvalue weighted by Crippen LogP contribution is -2.37. The van der Waals surface area contributed by atoms with Gasteiger partial charge in [0.2, 0.25) is 11.8 Å². The van der Waals surface area contributed by atoms with E-state index in [2.05, 4.69) is 9.97 Å². The quantitative estimate of drug-likeness (QED) is 0.784. The SMILES string of the molecule is O=C(O)C1CC(Oc2nc(N3CCOCC3)nc3ccccc23)CC1C(=O)O. The lowest BCUT2D eigenvalue weighted by molar-refractivity contribution is -0.152. The van der Waals surface area contributed by atoms with Crippen molar-refractivity contribution in [1.82, 2.24) is 9.97 Å². The van der Waals surface area contributed by atoms with Crippen molar-refractivity contribution in [3.63, 3.8) is 0 Å². The van der Waals surface area contributed by atoms with Gasteiger partial charge in [0.15, 0.2) is 0 Å². The Kier molecular flexibility index (Phi) is 4.99. The molecule has 2 heterocycles. The topological polar surface area (TPSA) is 122 Å². The van der Waals surface area contributed by atoms with Gasteiger partial charge in [0, 0.05) is 13.1 Å². The van der Waals surface area contributed by atoms with Crippen LogP contribution in [0.4, 0.5) is 5.95 Å². The summed E-state index contributed by atoms with van der Waals surface area (Å²) in [7, 11) is 0. The Labute approximate surface area is 160 Å². The van der Waals surface area contributed by atoms with Crippen LogP contribution < -0.4 is 9.64 Å². The van der Waals surface area contributed by atoms with E-state index in [0.29, 0.717) is 43.5 Å². The standard InChI is InChI=1S/C19H21N3O6/c23-17(24)13-9-11(10-14(13)18(25)26)28-16-12-3-1-2-4-15(12)20-19(21-16)22-5-7-27-8-6-22/h1-4,11,13-14H,5-10H2,(H,23,24)(H,25,26). The van der Waals surface area contributed by atoms with Gasteiger partial charge in [-0.05, 0) is 25.0 Å². The normalized spacial score (nSPS) is 25.0. The molecule has 0 spiro atoms. The highest BCUT2D eigenvalue weighted by Gasteiger charge is 2.44. The summed E-state index contributed by atoms with van der Waals surface area (Å²) in [4.78, 5) is 34.0. The van der Waals surface area contributed by atoms with Crippen LogP contribution in [-0.4, -0.2) is 64.5 Å². The molecule has 4 rings (SSSR count). The van der Waals surface area contributed by atoms with Crippen LogP contribution in [0.25, 0.3) is 10.9 Å². The Hall–Kier alpha value is -2.94. The predicted molar refractivity (Wildman–Crippen MR) is 98.5 cm³/mol. The molecule has 28 heavy (non-hydrogen) atoms. The lowest BCUT2D eigenvalue weighted by Gasteiger charge is -2.27. The van der Waals surface area contributed by atoms with Gasteiger partial charge in [-0.3, -0.25) is 9.59 Å². The van der Waals surface area contributed by atoms with E-state index in [1.54, 1.807) is 0 Å². The zero-order valence-corrected chi connectivity index (χ0v) is 15.2. The van der Waals surface area contributed by atoms with E-state index in [1.165, 1.54) is 0 Å². The summed E-state index contributed by atoms with van der Waals surface area (Å²) >= 11 is 0. The number of benzene rings is 1. The fourth-order valence-corrected chi connectivity index (χ4v) is 3.82. The van der Waals surface area contributed by atoms with Crippen LogP contribution >= 0.6 is 0 Å². The van der Waals surface area contributed by atoms with Crippen molar-refractivity contribution >= 4 is 28.8 Å². The Balaban J connectivity index is 1.64. The fraction of sp³-hybridized carbons (Fsp3) is 0.474. The molecule has 9 heteroatoms. The van der Waals surface area contributed by atoms with E-state index in [-0.39, 0.29) is 12.8 Å². The van der Waals surface area contributed by atoms with E-state index in [4.69, 9.17) is 9.47 Å². The number of morpholine rings is 1. The largest absolute Gasteiger partial charge is 0.481 e. The van der Waals surface area contributed by atoms with Gasteiger partial charge < -0.3 is 24.6 Å².